The maximum Gasteiger partial charge on any atom is 0.324 e. The van der Waals surface area contributed by atoms with Crippen LogP contribution in [0.25, 0.3) is 0 Å². The van der Waals surface area contributed by atoms with Crippen LogP contribution in [0.3, 0.4) is 0 Å². The molecule has 0 unspecified atom stereocenters. The first-order valence-corrected chi connectivity index (χ1v) is 8.17. The molecule has 1 atom stereocenters. The minimum absolute atomic E-state index is 0.114. The number of amides is 4. The maximum absolute atomic E-state index is 12.3. The number of hydrogen-bond donors (Lipinski definition) is 3. The van der Waals surface area contributed by atoms with E-state index in [-0.39, 0.29) is 44.4 Å². The van der Waals surface area contributed by atoms with Crippen molar-refractivity contribution < 1.29 is 24.2 Å². The number of ether oxygens (including phenoxy) is 1. The van der Waals surface area contributed by atoms with Crippen molar-refractivity contribution >= 4 is 17.8 Å². The predicted molar refractivity (Wildman–Crippen MR) is 90.1 cm³/mol. The van der Waals surface area contributed by atoms with Gasteiger partial charge in [-0.05, 0) is 30.5 Å². The smallest absolute Gasteiger partial charge is 0.324 e. The Morgan fingerprint density at radius 3 is 2.68 bits per heavy atom. The lowest BCUT2D eigenvalue weighted by Gasteiger charge is -2.13. The van der Waals surface area contributed by atoms with Crippen LogP contribution in [-0.4, -0.2) is 60.7 Å². The van der Waals surface area contributed by atoms with Crippen LogP contribution >= 0.6 is 0 Å². The summed E-state index contributed by atoms with van der Waals surface area (Å²) in [5, 5.41) is 13.8. The lowest BCUT2D eigenvalue weighted by Crippen LogP contribution is -2.34. The minimum atomic E-state index is -0.678. The summed E-state index contributed by atoms with van der Waals surface area (Å²) in [6.45, 7) is 0.325. The van der Waals surface area contributed by atoms with Crippen molar-refractivity contribution in [3.8, 4) is 5.75 Å². The molecule has 1 aromatic carbocycles. The van der Waals surface area contributed by atoms with E-state index in [1.165, 1.54) is 4.90 Å². The molecule has 8 heteroatoms. The second-order valence-electron chi connectivity index (χ2n) is 5.70. The van der Waals surface area contributed by atoms with E-state index in [0.29, 0.717) is 6.42 Å². The number of rotatable bonds is 9. The molecule has 3 N–H and O–H groups in total. The molecule has 0 aromatic heterocycles. The van der Waals surface area contributed by atoms with Gasteiger partial charge in [-0.25, -0.2) is 4.79 Å². The summed E-state index contributed by atoms with van der Waals surface area (Å²) < 4.78 is 5.09. The maximum atomic E-state index is 12.3. The van der Waals surface area contributed by atoms with Gasteiger partial charge in [0.15, 0.2) is 0 Å². The first kappa shape index (κ1) is 18.7. The van der Waals surface area contributed by atoms with Gasteiger partial charge in [-0.2, -0.15) is 0 Å². The Balaban J connectivity index is 1.82. The number of hydrogen-bond acceptors (Lipinski definition) is 5. The molecule has 8 nitrogen and oxygen atoms in total. The molecular formula is C17H23N3O5. The van der Waals surface area contributed by atoms with E-state index in [1.54, 1.807) is 7.11 Å². The van der Waals surface area contributed by atoms with Crippen LogP contribution in [0, 0.1) is 0 Å². The third kappa shape index (κ3) is 5.18. The Morgan fingerprint density at radius 1 is 1.32 bits per heavy atom. The van der Waals surface area contributed by atoms with Gasteiger partial charge in [0.25, 0.3) is 5.91 Å². The van der Waals surface area contributed by atoms with Gasteiger partial charge < -0.3 is 20.5 Å². The molecule has 4 amide bonds. The molecule has 0 radical (unpaired) electrons. The van der Waals surface area contributed by atoms with Crippen molar-refractivity contribution in [2.75, 3.05) is 26.8 Å². The number of imide groups is 1. The highest BCUT2D eigenvalue weighted by Gasteiger charge is 2.37. The molecule has 136 valence electrons. The molecule has 2 rings (SSSR count). The lowest BCUT2D eigenvalue weighted by molar-refractivity contribution is -0.127. The summed E-state index contributed by atoms with van der Waals surface area (Å²) in [5.41, 5.74) is 0.994. The number of aliphatic hydroxyl groups excluding tert-OH is 1. The van der Waals surface area contributed by atoms with Crippen molar-refractivity contribution in [3.63, 3.8) is 0 Å². The summed E-state index contributed by atoms with van der Waals surface area (Å²) in [5.74, 6) is 0.180. The van der Waals surface area contributed by atoms with E-state index >= 15 is 0 Å². The van der Waals surface area contributed by atoms with Gasteiger partial charge >= 0.3 is 6.03 Å². The zero-order chi connectivity index (χ0) is 18.2. The molecule has 1 aromatic rings. The lowest BCUT2D eigenvalue weighted by atomic mass is 10.1. The molecule has 1 aliphatic rings. The highest BCUT2D eigenvalue weighted by Crippen LogP contribution is 2.15. The Hall–Kier alpha value is -2.61. The normalized spacial score (nSPS) is 16.7. The predicted octanol–water partition coefficient (Wildman–Crippen LogP) is 0.0468. The SMILES string of the molecule is COc1ccc(CCN2C(=O)N[C@H](CCC(=O)NCCO)C2=O)cc1. The van der Waals surface area contributed by atoms with Gasteiger partial charge in [0, 0.05) is 19.5 Å². The summed E-state index contributed by atoms with van der Waals surface area (Å²) in [4.78, 5) is 37.0. The Bertz CT molecular complexity index is 617. The van der Waals surface area contributed by atoms with Gasteiger partial charge in [-0.1, -0.05) is 12.1 Å². The number of urea groups is 1. The van der Waals surface area contributed by atoms with Crippen LogP contribution in [0.1, 0.15) is 18.4 Å². The van der Waals surface area contributed by atoms with Gasteiger partial charge in [-0.3, -0.25) is 14.5 Å². The molecule has 1 fully saturated rings. The topological polar surface area (TPSA) is 108 Å². The van der Waals surface area contributed by atoms with E-state index in [1.807, 2.05) is 24.3 Å². The monoisotopic (exact) mass is 349 g/mol. The first-order chi connectivity index (χ1) is 12.0. The molecule has 0 saturated carbocycles. The van der Waals surface area contributed by atoms with Crippen molar-refractivity contribution in [3.05, 3.63) is 29.8 Å². The average Bonchev–Trinajstić information content (AvgIpc) is 2.90. The zero-order valence-corrected chi connectivity index (χ0v) is 14.2. The van der Waals surface area contributed by atoms with Gasteiger partial charge in [-0.15, -0.1) is 0 Å². The van der Waals surface area contributed by atoms with Crippen LogP contribution in [0.15, 0.2) is 24.3 Å². The standard InChI is InChI=1S/C17H23N3O5/c1-25-13-4-2-12(3-5-13)8-10-20-16(23)14(19-17(20)24)6-7-15(22)18-9-11-21/h2-5,14,21H,6-11H2,1H3,(H,18,22)(H,19,24)/t14-/m1/s1. The third-order valence-corrected chi connectivity index (χ3v) is 3.98. The van der Waals surface area contributed by atoms with E-state index in [4.69, 9.17) is 9.84 Å². The molecule has 0 bridgehead atoms. The quantitative estimate of drug-likeness (QED) is 0.546. The van der Waals surface area contributed by atoms with Crippen LogP contribution in [0.2, 0.25) is 0 Å². The second kappa shape index (κ2) is 9.03. The molecule has 1 aliphatic heterocycles. The third-order valence-electron chi connectivity index (χ3n) is 3.98. The van der Waals surface area contributed by atoms with Crippen molar-refractivity contribution in [1.82, 2.24) is 15.5 Å². The van der Waals surface area contributed by atoms with Crippen LogP contribution in [0.5, 0.6) is 5.75 Å². The highest BCUT2D eigenvalue weighted by molar-refractivity contribution is 6.04. The van der Waals surface area contributed by atoms with Crippen LogP contribution < -0.4 is 15.4 Å². The molecule has 0 aliphatic carbocycles. The summed E-state index contributed by atoms with van der Waals surface area (Å²) in [7, 11) is 1.59. The van der Waals surface area contributed by atoms with Crippen LogP contribution in [-0.2, 0) is 16.0 Å². The fourth-order valence-electron chi connectivity index (χ4n) is 2.58. The zero-order valence-electron chi connectivity index (χ0n) is 14.2. The Kier molecular flexibility index (Phi) is 6.76. The van der Waals surface area contributed by atoms with Crippen molar-refractivity contribution in [2.24, 2.45) is 0 Å². The molecule has 25 heavy (non-hydrogen) atoms. The summed E-state index contributed by atoms with van der Waals surface area (Å²) in [6, 6.07) is 6.33. The first-order valence-electron chi connectivity index (χ1n) is 8.17. The minimum Gasteiger partial charge on any atom is -0.497 e. The summed E-state index contributed by atoms with van der Waals surface area (Å²) in [6.07, 6.45) is 0.900. The number of nitrogens with zero attached hydrogens (tertiary/aromatic N) is 1. The highest BCUT2D eigenvalue weighted by atomic mass is 16.5. The Labute approximate surface area is 146 Å². The van der Waals surface area contributed by atoms with E-state index in [2.05, 4.69) is 10.6 Å². The molecule has 1 heterocycles. The number of carbonyl (C=O) groups excluding carboxylic acids is 3. The second-order valence-corrected chi connectivity index (χ2v) is 5.70. The molecule has 0 spiro atoms. The number of methoxy groups -OCH3 is 1. The molecule has 1 saturated heterocycles. The fourth-order valence-corrected chi connectivity index (χ4v) is 2.58. The Morgan fingerprint density at radius 2 is 2.04 bits per heavy atom. The number of benzene rings is 1. The molecular weight excluding hydrogens is 326 g/mol. The van der Waals surface area contributed by atoms with E-state index < -0.39 is 12.1 Å². The fraction of sp³-hybridized carbons (Fsp3) is 0.471. The number of carbonyl (C=O) groups is 3. The van der Waals surface area contributed by atoms with E-state index in [0.717, 1.165) is 11.3 Å². The van der Waals surface area contributed by atoms with Crippen molar-refractivity contribution in [2.45, 2.75) is 25.3 Å². The van der Waals surface area contributed by atoms with Gasteiger partial charge in [0.05, 0.1) is 13.7 Å². The number of aliphatic hydroxyl groups is 1. The van der Waals surface area contributed by atoms with E-state index in [9.17, 15) is 14.4 Å². The summed E-state index contributed by atoms with van der Waals surface area (Å²) >= 11 is 0. The van der Waals surface area contributed by atoms with Crippen LogP contribution in [0.4, 0.5) is 4.79 Å². The number of nitrogens with one attached hydrogen (secondary N) is 2. The largest absolute Gasteiger partial charge is 0.497 e. The van der Waals surface area contributed by atoms with Gasteiger partial charge in [0.1, 0.15) is 11.8 Å². The average molecular weight is 349 g/mol. The van der Waals surface area contributed by atoms with Gasteiger partial charge in [0.2, 0.25) is 5.91 Å². The van der Waals surface area contributed by atoms with Crippen molar-refractivity contribution in [1.29, 1.82) is 0 Å².